The fourth-order valence-electron chi connectivity index (χ4n) is 2.12. The number of hydrogen-bond donors (Lipinski definition) is 1. The highest BCUT2D eigenvalue weighted by atomic mass is 16.7. The predicted octanol–water partition coefficient (Wildman–Crippen LogP) is 2.10. The molecular weight excluding hydrogens is 268 g/mol. The maximum Gasteiger partial charge on any atom is 0.365 e. The van der Waals surface area contributed by atoms with Gasteiger partial charge in [-0.15, -0.1) is 0 Å². The minimum atomic E-state index is -0.539. The molecule has 1 aliphatic rings. The van der Waals surface area contributed by atoms with Gasteiger partial charge in [0.05, 0.1) is 12.2 Å². The molecule has 0 saturated carbocycles. The molecule has 0 spiro atoms. The molecule has 1 heterocycles. The van der Waals surface area contributed by atoms with Gasteiger partial charge >= 0.3 is 5.97 Å². The summed E-state index contributed by atoms with van der Waals surface area (Å²) in [5.41, 5.74) is 8.07. The summed E-state index contributed by atoms with van der Waals surface area (Å²) in [4.78, 5) is 16.6. The zero-order chi connectivity index (χ0) is 14.7. The first-order valence-corrected chi connectivity index (χ1v) is 6.60. The lowest BCUT2D eigenvalue weighted by atomic mass is 10.1. The summed E-state index contributed by atoms with van der Waals surface area (Å²) >= 11 is 0. The van der Waals surface area contributed by atoms with Gasteiger partial charge in [-0.2, -0.15) is 0 Å². The van der Waals surface area contributed by atoms with Gasteiger partial charge < -0.3 is 15.3 Å². The van der Waals surface area contributed by atoms with Gasteiger partial charge in [0.2, 0.25) is 0 Å². The molecule has 0 radical (unpaired) electrons. The van der Waals surface area contributed by atoms with Crippen LogP contribution in [-0.4, -0.2) is 18.4 Å². The van der Waals surface area contributed by atoms with Crippen molar-refractivity contribution in [1.82, 2.24) is 0 Å². The van der Waals surface area contributed by atoms with Crippen molar-refractivity contribution in [2.24, 2.45) is 10.9 Å². The highest BCUT2D eigenvalue weighted by Gasteiger charge is 2.13. The van der Waals surface area contributed by atoms with Gasteiger partial charge in [-0.25, -0.2) is 4.79 Å². The number of nitrogens with two attached hydrogens (primary N) is 1. The lowest BCUT2D eigenvalue weighted by Crippen LogP contribution is -2.15. The molecule has 0 aliphatic carbocycles. The molecule has 1 aliphatic heterocycles. The number of nitrogens with zero attached hydrogens (tertiary/aromatic N) is 1. The third-order valence-corrected chi connectivity index (χ3v) is 3.22. The van der Waals surface area contributed by atoms with E-state index in [0.717, 1.165) is 17.7 Å². The first-order valence-electron chi connectivity index (χ1n) is 6.60. The van der Waals surface area contributed by atoms with Gasteiger partial charge in [-0.05, 0) is 35.9 Å². The van der Waals surface area contributed by atoms with Crippen LogP contribution < -0.4 is 10.5 Å². The first kappa shape index (κ1) is 13.2. The van der Waals surface area contributed by atoms with Crippen LogP contribution in [0.1, 0.15) is 21.5 Å². The third kappa shape index (κ3) is 2.86. The quantitative estimate of drug-likeness (QED) is 0.405. The van der Waals surface area contributed by atoms with Crippen LogP contribution >= 0.6 is 0 Å². The number of ether oxygens (including phenoxy) is 1. The third-order valence-electron chi connectivity index (χ3n) is 3.22. The summed E-state index contributed by atoms with van der Waals surface area (Å²) in [6.07, 6.45) is 0.847. The Morgan fingerprint density at radius 1 is 1.14 bits per heavy atom. The van der Waals surface area contributed by atoms with E-state index < -0.39 is 5.97 Å². The highest BCUT2D eigenvalue weighted by Crippen LogP contribution is 2.25. The van der Waals surface area contributed by atoms with Gasteiger partial charge in [0.15, 0.2) is 5.84 Å². The molecule has 21 heavy (non-hydrogen) atoms. The summed E-state index contributed by atoms with van der Waals surface area (Å²) in [6, 6.07) is 14.2. The number of benzene rings is 2. The fourth-order valence-corrected chi connectivity index (χ4v) is 2.12. The number of hydrogen-bond acceptors (Lipinski definition) is 4. The average molecular weight is 282 g/mol. The second-order valence-corrected chi connectivity index (χ2v) is 4.64. The summed E-state index contributed by atoms with van der Waals surface area (Å²) in [5.74, 6) is 0.491. The number of amidine groups is 1. The van der Waals surface area contributed by atoms with Crippen LogP contribution in [0, 0.1) is 0 Å². The van der Waals surface area contributed by atoms with E-state index in [4.69, 9.17) is 15.3 Å². The van der Waals surface area contributed by atoms with Gasteiger partial charge in [0.1, 0.15) is 5.75 Å². The summed E-state index contributed by atoms with van der Waals surface area (Å²) < 4.78 is 5.42. The molecule has 0 saturated heterocycles. The number of oxime groups is 1. The molecule has 0 unspecified atom stereocenters. The van der Waals surface area contributed by atoms with Crippen molar-refractivity contribution in [2.45, 2.75) is 6.42 Å². The number of fused-ring (bicyclic) bond motifs is 1. The summed E-state index contributed by atoms with van der Waals surface area (Å²) in [7, 11) is 0. The second-order valence-electron chi connectivity index (χ2n) is 4.64. The van der Waals surface area contributed by atoms with Crippen molar-refractivity contribution in [3.05, 3.63) is 65.2 Å². The minimum Gasteiger partial charge on any atom is -0.493 e. The number of carbonyl (C=O) groups excluding carboxylic acids is 1. The fraction of sp³-hybridized carbons (Fsp3) is 0.125. The lowest BCUT2D eigenvalue weighted by Gasteiger charge is -2.03. The van der Waals surface area contributed by atoms with Gasteiger partial charge in [-0.3, -0.25) is 0 Å². The van der Waals surface area contributed by atoms with E-state index >= 15 is 0 Å². The zero-order valence-electron chi connectivity index (χ0n) is 11.3. The van der Waals surface area contributed by atoms with Crippen molar-refractivity contribution in [2.75, 3.05) is 6.61 Å². The molecule has 0 bridgehead atoms. The maximum atomic E-state index is 11.8. The molecule has 106 valence electrons. The summed E-state index contributed by atoms with van der Waals surface area (Å²) in [6.45, 7) is 0.679. The van der Waals surface area contributed by atoms with Crippen LogP contribution in [0.4, 0.5) is 0 Å². The van der Waals surface area contributed by atoms with Crippen LogP contribution in [0.25, 0.3) is 0 Å². The second kappa shape index (κ2) is 5.66. The van der Waals surface area contributed by atoms with E-state index in [9.17, 15) is 4.79 Å². The van der Waals surface area contributed by atoms with Gasteiger partial charge in [0, 0.05) is 12.0 Å². The Balaban J connectivity index is 1.73. The standard InChI is InChI=1S/C16H14N2O3/c17-15(13-6-7-14-12(10-13)8-9-20-14)18-21-16(19)11-4-2-1-3-5-11/h1-7,10H,8-9H2,(H2,17,18). The monoisotopic (exact) mass is 282 g/mol. The Bertz CT molecular complexity index is 696. The van der Waals surface area contributed by atoms with Crippen molar-refractivity contribution >= 4 is 11.8 Å². The molecule has 0 amide bonds. The highest BCUT2D eigenvalue weighted by molar-refractivity contribution is 5.98. The molecule has 2 aromatic rings. The Morgan fingerprint density at radius 2 is 1.95 bits per heavy atom. The molecule has 0 fully saturated rings. The van der Waals surface area contributed by atoms with E-state index in [1.807, 2.05) is 18.2 Å². The molecule has 0 aromatic heterocycles. The van der Waals surface area contributed by atoms with E-state index in [0.29, 0.717) is 17.7 Å². The SMILES string of the molecule is N/C(=N\OC(=O)c1ccccc1)c1ccc2c(c1)CCO2. The van der Waals surface area contributed by atoms with Crippen molar-refractivity contribution in [1.29, 1.82) is 0 Å². The number of carbonyl (C=O) groups is 1. The molecule has 0 atom stereocenters. The molecular formula is C16H14N2O3. The van der Waals surface area contributed by atoms with E-state index in [1.165, 1.54) is 0 Å². The van der Waals surface area contributed by atoms with Crippen LogP contribution in [-0.2, 0) is 11.3 Å². The smallest absolute Gasteiger partial charge is 0.365 e. The Morgan fingerprint density at radius 3 is 2.76 bits per heavy atom. The largest absolute Gasteiger partial charge is 0.493 e. The lowest BCUT2D eigenvalue weighted by molar-refractivity contribution is 0.0516. The summed E-state index contributed by atoms with van der Waals surface area (Å²) in [5, 5.41) is 3.70. The van der Waals surface area contributed by atoms with Gasteiger partial charge in [0.25, 0.3) is 0 Å². The molecule has 3 rings (SSSR count). The minimum absolute atomic E-state index is 0.161. The average Bonchev–Trinajstić information content (AvgIpc) is 3.00. The van der Waals surface area contributed by atoms with Crippen molar-refractivity contribution in [3.63, 3.8) is 0 Å². The Labute approximate surface area is 122 Å². The van der Waals surface area contributed by atoms with Crippen LogP contribution in [0.2, 0.25) is 0 Å². The van der Waals surface area contributed by atoms with E-state index in [1.54, 1.807) is 30.3 Å². The van der Waals surface area contributed by atoms with Crippen molar-refractivity contribution in [3.8, 4) is 5.75 Å². The topological polar surface area (TPSA) is 73.9 Å². The Kier molecular flexibility index (Phi) is 3.55. The maximum absolute atomic E-state index is 11.8. The molecule has 5 heteroatoms. The molecule has 2 aromatic carbocycles. The van der Waals surface area contributed by atoms with Crippen LogP contribution in [0.3, 0.4) is 0 Å². The zero-order valence-corrected chi connectivity index (χ0v) is 11.3. The van der Waals surface area contributed by atoms with Crippen LogP contribution in [0.5, 0.6) is 5.75 Å². The van der Waals surface area contributed by atoms with E-state index in [2.05, 4.69) is 5.16 Å². The van der Waals surface area contributed by atoms with Crippen LogP contribution in [0.15, 0.2) is 53.7 Å². The molecule has 5 nitrogen and oxygen atoms in total. The first-order chi connectivity index (χ1) is 10.2. The Hall–Kier alpha value is -2.82. The van der Waals surface area contributed by atoms with Gasteiger partial charge in [-0.1, -0.05) is 23.4 Å². The normalized spacial score (nSPS) is 13.4. The molecule has 2 N–H and O–H groups in total. The van der Waals surface area contributed by atoms with Crippen molar-refractivity contribution < 1.29 is 14.4 Å². The van der Waals surface area contributed by atoms with E-state index in [-0.39, 0.29) is 5.84 Å². The number of rotatable bonds is 3. The predicted molar refractivity (Wildman–Crippen MR) is 78.2 cm³/mol.